The van der Waals surface area contributed by atoms with Gasteiger partial charge < -0.3 is 4.42 Å². The fraction of sp³-hybridized carbons (Fsp3) is 0. The maximum Gasteiger partial charge on any atom is 0.193 e. The summed E-state index contributed by atoms with van der Waals surface area (Å²) >= 11 is 0. The Labute approximate surface area is 109 Å². The molecule has 0 atom stereocenters. The van der Waals surface area contributed by atoms with Crippen LogP contribution in [0, 0.1) is 0 Å². The van der Waals surface area contributed by atoms with E-state index in [2.05, 4.69) is 0 Å². The van der Waals surface area contributed by atoms with Crippen molar-refractivity contribution < 1.29 is 9.21 Å². The first-order valence-corrected chi connectivity index (χ1v) is 5.86. The van der Waals surface area contributed by atoms with Crippen molar-refractivity contribution >= 4 is 17.3 Å². The van der Waals surface area contributed by atoms with Gasteiger partial charge >= 0.3 is 0 Å². The molecule has 3 rings (SSSR count). The highest BCUT2D eigenvalue weighted by molar-refractivity contribution is 5.86. The van der Waals surface area contributed by atoms with Crippen molar-refractivity contribution in [1.82, 2.24) is 0 Å². The molecule has 92 valence electrons. The highest BCUT2D eigenvalue weighted by atomic mass is 16.3. The summed E-state index contributed by atoms with van der Waals surface area (Å²) in [5.41, 5.74) is 1.63. The van der Waals surface area contributed by atoms with Gasteiger partial charge in [0.2, 0.25) is 0 Å². The van der Waals surface area contributed by atoms with Gasteiger partial charge in [0.15, 0.2) is 5.43 Å². The number of benzene rings is 2. The summed E-state index contributed by atoms with van der Waals surface area (Å²) in [5.74, 6) is 0.501. The monoisotopic (exact) mass is 250 g/mol. The van der Waals surface area contributed by atoms with E-state index in [-0.39, 0.29) is 5.43 Å². The number of hydrogen-bond donors (Lipinski definition) is 0. The van der Waals surface area contributed by atoms with Crippen LogP contribution in [0.3, 0.4) is 0 Å². The standard InChI is InChI=1S/C16H10O3/c17-10-11-6-7-13-14(18)9-15(19-16(13)8-11)12-4-2-1-3-5-12/h1-10H. The van der Waals surface area contributed by atoms with E-state index >= 15 is 0 Å². The molecule has 0 amide bonds. The van der Waals surface area contributed by atoms with Gasteiger partial charge in [-0.05, 0) is 12.1 Å². The van der Waals surface area contributed by atoms with Crippen molar-refractivity contribution in [3.05, 3.63) is 70.4 Å². The maximum absolute atomic E-state index is 12.0. The molecular weight excluding hydrogens is 240 g/mol. The van der Waals surface area contributed by atoms with Gasteiger partial charge in [0.05, 0.1) is 5.39 Å². The molecule has 0 spiro atoms. The van der Waals surface area contributed by atoms with Gasteiger partial charge in [-0.3, -0.25) is 9.59 Å². The third-order valence-electron chi connectivity index (χ3n) is 2.95. The Morgan fingerprint density at radius 1 is 0.947 bits per heavy atom. The molecular formula is C16H10O3. The molecule has 2 aromatic carbocycles. The molecule has 0 fully saturated rings. The summed E-state index contributed by atoms with van der Waals surface area (Å²) in [4.78, 5) is 22.8. The molecule has 19 heavy (non-hydrogen) atoms. The first-order chi connectivity index (χ1) is 9.28. The Hall–Kier alpha value is -2.68. The summed E-state index contributed by atoms with van der Waals surface area (Å²) < 4.78 is 5.71. The van der Waals surface area contributed by atoms with Gasteiger partial charge in [0.1, 0.15) is 17.6 Å². The van der Waals surface area contributed by atoms with E-state index in [0.717, 1.165) is 11.8 Å². The highest BCUT2D eigenvalue weighted by Crippen LogP contribution is 2.22. The normalized spacial score (nSPS) is 10.5. The summed E-state index contributed by atoms with van der Waals surface area (Å²) in [6.45, 7) is 0. The van der Waals surface area contributed by atoms with Crippen LogP contribution in [0.15, 0.2) is 63.8 Å². The van der Waals surface area contributed by atoms with Crippen molar-refractivity contribution in [1.29, 1.82) is 0 Å². The molecule has 3 nitrogen and oxygen atoms in total. The maximum atomic E-state index is 12.0. The van der Waals surface area contributed by atoms with Crippen LogP contribution in [-0.2, 0) is 0 Å². The molecule has 0 saturated heterocycles. The highest BCUT2D eigenvalue weighted by Gasteiger charge is 2.07. The zero-order chi connectivity index (χ0) is 13.2. The predicted molar refractivity (Wildman–Crippen MR) is 73.3 cm³/mol. The van der Waals surface area contributed by atoms with E-state index in [1.54, 1.807) is 18.2 Å². The second-order valence-electron chi connectivity index (χ2n) is 4.21. The topological polar surface area (TPSA) is 47.3 Å². The van der Waals surface area contributed by atoms with Crippen LogP contribution in [-0.4, -0.2) is 6.29 Å². The Morgan fingerprint density at radius 2 is 1.74 bits per heavy atom. The first kappa shape index (κ1) is 11.4. The van der Waals surface area contributed by atoms with Gasteiger partial charge in [-0.2, -0.15) is 0 Å². The van der Waals surface area contributed by atoms with Crippen LogP contribution in [0.25, 0.3) is 22.3 Å². The van der Waals surface area contributed by atoms with Crippen LogP contribution < -0.4 is 5.43 Å². The van der Waals surface area contributed by atoms with Crippen molar-refractivity contribution in [2.75, 3.05) is 0 Å². The lowest BCUT2D eigenvalue weighted by Gasteiger charge is -2.03. The molecule has 0 aliphatic carbocycles. The number of rotatable bonds is 2. The molecule has 3 heteroatoms. The molecule has 1 heterocycles. The Morgan fingerprint density at radius 3 is 2.47 bits per heavy atom. The van der Waals surface area contributed by atoms with Crippen molar-refractivity contribution in [2.24, 2.45) is 0 Å². The van der Waals surface area contributed by atoms with Crippen LogP contribution in [0.2, 0.25) is 0 Å². The van der Waals surface area contributed by atoms with Crippen LogP contribution >= 0.6 is 0 Å². The van der Waals surface area contributed by atoms with Gasteiger partial charge in [0.25, 0.3) is 0 Å². The van der Waals surface area contributed by atoms with E-state index in [4.69, 9.17) is 4.42 Å². The first-order valence-electron chi connectivity index (χ1n) is 5.86. The van der Waals surface area contributed by atoms with Crippen LogP contribution in [0.5, 0.6) is 0 Å². The molecule has 0 N–H and O–H groups in total. The Bertz CT molecular complexity index is 801. The van der Waals surface area contributed by atoms with Crippen LogP contribution in [0.4, 0.5) is 0 Å². The second-order valence-corrected chi connectivity index (χ2v) is 4.21. The molecule has 0 aliphatic rings. The minimum Gasteiger partial charge on any atom is -0.456 e. The second kappa shape index (κ2) is 4.53. The van der Waals surface area contributed by atoms with Crippen molar-refractivity contribution in [3.8, 4) is 11.3 Å². The Balaban J connectivity index is 2.29. The summed E-state index contributed by atoms with van der Waals surface area (Å²) in [6, 6.07) is 15.7. The Kier molecular flexibility index (Phi) is 2.72. The average Bonchev–Trinajstić information content (AvgIpc) is 2.47. The van der Waals surface area contributed by atoms with E-state index in [0.29, 0.717) is 22.3 Å². The van der Waals surface area contributed by atoms with E-state index < -0.39 is 0 Å². The minimum atomic E-state index is -0.113. The minimum absolute atomic E-state index is 0.113. The third-order valence-corrected chi connectivity index (χ3v) is 2.95. The van der Waals surface area contributed by atoms with E-state index in [1.807, 2.05) is 30.3 Å². The van der Waals surface area contributed by atoms with Gasteiger partial charge in [0, 0.05) is 17.2 Å². The lowest BCUT2D eigenvalue weighted by atomic mass is 10.1. The lowest BCUT2D eigenvalue weighted by Crippen LogP contribution is -2.00. The molecule has 0 bridgehead atoms. The molecule has 0 saturated carbocycles. The smallest absolute Gasteiger partial charge is 0.193 e. The predicted octanol–water partition coefficient (Wildman–Crippen LogP) is 3.27. The molecule has 0 unspecified atom stereocenters. The summed E-state index contributed by atoms with van der Waals surface area (Å²) in [6.07, 6.45) is 0.731. The zero-order valence-corrected chi connectivity index (χ0v) is 10.00. The lowest BCUT2D eigenvalue weighted by molar-refractivity contribution is 0.112. The molecule has 1 aromatic heterocycles. The van der Waals surface area contributed by atoms with Crippen LogP contribution in [0.1, 0.15) is 10.4 Å². The van der Waals surface area contributed by atoms with Crippen molar-refractivity contribution in [2.45, 2.75) is 0 Å². The van der Waals surface area contributed by atoms with E-state index in [1.165, 1.54) is 6.07 Å². The van der Waals surface area contributed by atoms with Gasteiger partial charge in [-0.25, -0.2) is 0 Å². The third kappa shape index (κ3) is 2.06. The molecule has 0 radical (unpaired) electrons. The van der Waals surface area contributed by atoms with E-state index in [9.17, 15) is 9.59 Å². The summed E-state index contributed by atoms with van der Waals surface area (Å²) in [5, 5.41) is 0.477. The number of aldehydes is 1. The average molecular weight is 250 g/mol. The number of fused-ring (bicyclic) bond motifs is 1. The zero-order valence-electron chi connectivity index (χ0n) is 10.00. The summed E-state index contributed by atoms with van der Waals surface area (Å²) in [7, 11) is 0. The number of hydrogen-bond acceptors (Lipinski definition) is 3. The molecule has 3 aromatic rings. The fourth-order valence-electron chi connectivity index (χ4n) is 1.99. The quantitative estimate of drug-likeness (QED) is 0.656. The number of carbonyl (C=O) groups excluding carboxylic acids is 1. The number of carbonyl (C=O) groups is 1. The molecule has 0 aliphatic heterocycles. The van der Waals surface area contributed by atoms with Crippen molar-refractivity contribution in [3.63, 3.8) is 0 Å². The van der Waals surface area contributed by atoms with Gasteiger partial charge in [-0.1, -0.05) is 36.4 Å². The SMILES string of the molecule is O=Cc1ccc2c(=O)cc(-c3ccccc3)oc2c1. The fourth-order valence-corrected chi connectivity index (χ4v) is 1.99. The van der Waals surface area contributed by atoms with Gasteiger partial charge in [-0.15, -0.1) is 0 Å². The largest absolute Gasteiger partial charge is 0.456 e.